The zero-order chi connectivity index (χ0) is 11.7. The first-order valence-corrected chi connectivity index (χ1v) is 5.67. The van der Waals surface area contributed by atoms with E-state index in [4.69, 9.17) is 10.3 Å². The van der Waals surface area contributed by atoms with E-state index in [1.807, 2.05) is 12.1 Å². The van der Waals surface area contributed by atoms with Crippen molar-refractivity contribution in [3.05, 3.63) is 41.5 Å². The summed E-state index contributed by atoms with van der Waals surface area (Å²) in [6.45, 7) is 2.61. The maximum atomic E-state index is 5.96. The molecule has 0 radical (unpaired) electrons. The Hall–Kier alpha value is -1.88. The molecule has 0 saturated carbocycles. The Kier molecular flexibility index (Phi) is 2.53. The summed E-state index contributed by atoms with van der Waals surface area (Å²) in [7, 11) is 0. The largest absolute Gasteiger partial charge is 0.398 e. The predicted octanol–water partition coefficient (Wildman–Crippen LogP) is 1.21. The van der Waals surface area contributed by atoms with Gasteiger partial charge in [-0.3, -0.25) is 4.90 Å². The first-order chi connectivity index (χ1) is 8.33. The van der Waals surface area contributed by atoms with Crippen molar-refractivity contribution in [3.63, 3.8) is 0 Å². The maximum absolute atomic E-state index is 5.96. The van der Waals surface area contributed by atoms with Crippen LogP contribution >= 0.6 is 0 Å². The van der Waals surface area contributed by atoms with Gasteiger partial charge in [-0.1, -0.05) is 17.3 Å². The number of fused-ring (bicyclic) bond motifs is 1. The minimum Gasteiger partial charge on any atom is -0.398 e. The molecular formula is C12H14N4O. The molecule has 17 heavy (non-hydrogen) atoms. The number of hydrogen-bond donors (Lipinski definition) is 1. The van der Waals surface area contributed by atoms with E-state index in [0.717, 1.165) is 37.6 Å². The summed E-state index contributed by atoms with van der Waals surface area (Å²) in [6.07, 6.45) is 2.35. The van der Waals surface area contributed by atoms with Crippen LogP contribution in [0.4, 0.5) is 5.69 Å². The molecule has 2 N–H and O–H groups in total. The molecule has 2 aromatic rings. The van der Waals surface area contributed by atoms with Gasteiger partial charge in [0.25, 0.3) is 0 Å². The highest BCUT2D eigenvalue weighted by Crippen LogP contribution is 2.24. The molecule has 1 aliphatic heterocycles. The molecule has 2 heterocycles. The van der Waals surface area contributed by atoms with Crippen LogP contribution in [0.15, 0.2) is 29.1 Å². The van der Waals surface area contributed by atoms with Crippen LogP contribution in [0, 0.1) is 0 Å². The predicted molar refractivity (Wildman–Crippen MR) is 63.0 cm³/mol. The van der Waals surface area contributed by atoms with Gasteiger partial charge in [0.1, 0.15) is 0 Å². The van der Waals surface area contributed by atoms with E-state index in [1.165, 1.54) is 17.5 Å². The summed E-state index contributed by atoms with van der Waals surface area (Å²) in [5.41, 5.74) is 9.46. The average molecular weight is 230 g/mol. The molecule has 5 nitrogen and oxygen atoms in total. The second-order valence-corrected chi connectivity index (χ2v) is 4.29. The monoisotopic (exact) mass is 230 g/mol. The summed E-state index contributed by atoms with van der Waals surface area (Å²) in [5, 5.41) is 3.83. The van der Waals surface area contributed by atoms with Gasteiger partial charge in [-0.15, -0.1) is 0 Å². The van der Waals surface area contributed by atoms with Crippen LogP contribution in [0.2, 0.25) is 0 Å². The Balaban J connectivity index is 1.77. The Bertz CT molecular complexity index is 509. The van der Waals surface area contributed by atoms with Crippen LogP contribution in [-0.4, -0.2) is 21.6 Å². The van der Waals surface area contributed by atoms with Crippen LogP contribution in [0.1, 0.15) is 17.0 Å². The third-order valence-corrected chi connectivity index (χ3v) is 3.15. The smallest absolute Gasteiger partial charge is 0.213 e. The molecule has 0 amide bonds. The number of rotatable bonds is 2. The van der Waals surface area contributed by atoms with Gasteiger partial charge in [0.05, 0.1) is 6.54 Å². The molecule has 5 heteroatoms. The number of nitrogen functional groups attached to an aromatic ring is 1. The topological polar surface area (TPSA) is 68.2 Å². The lowest BCUT2D eigenvalue weighted by atomic mass is 9.98. The Morgan fingerprint density at radius 1 is 1.41 bits per heavy atom. The van der Waals surface area contributed by atoms with Crippen molar-refractivity contribution in [1.82, 2.24) is 15.0 Å². The summed E-state index contributed by atoms with van der Waals surface area (Å²) in [4.78, 5) is 6.34. The second-order valence-electron chi connectivity index (χ2n) is 4.29. The maximum Gasteiger partial charge on any atom is 0.213 e. The summed E-state index contributed by atoms with van der Waals surface area (Å²) >= 11 is 0. The van der Waals surface area contributed by atoms with E-state index in [2.05, 4.69) is 21.1 Å². The molecule has 0 atom stereocenters. The average Bonchev–Trinajstić information content (AvgIpc) is 2.82. The lowest BCUT2D eigenvalue weighted by molar-refractivity contribution is 0.236. The highest BCUT2D eigenvalue weighted by atomic mass is 16.5. The van der Waals surface area contributed by atoms with Crippen molar-refractivity contribution in [2.45, 2.75) is 19.5 Å². The van der Waals surface area contributed by atoms with Gasteiger partial charge in [-0.05, 0) is 23.6 Å². The van der Waals surface area contributed by atoms with Crippen molar-refractivity contribution in [1.29, 1.82) is 0 Å². The lowest BCUT2D eigenvalue weighted by Gasteiger charge is -2.28. The van der Waals surface area contributed by atoms with Gasteiger partial charge < -0.3 is 10.3 Å². The highest BCUT2D eigenvalue weighted by Gasteiger charge is 2.18. The molecule has 1 aromatic heterocycles. The van der Waals surface area contributed by atoms with Crippen molar-refractivity contribution in [2.75, 3.05) is 12.3 Å². The molecule has 0 aliphatic carbocycles. The van der Waals surface area contributed by atoms with Gasteiger partial charge in [-0.25, -0.2) is 0 Å². The van der Waals surface area contributed by atoms with Crippen LogP contribution in [0.3, 0.4) is 0 Å². The van der Waals surface area contributed by atoms with Gasteiger partial charge in [0.2, 0.25) is 6.39 Å². The minimum atomic E-state index is 0.727. The summed E-state index contributed by atoms with van der Waals surface area (Å²) < 4.78 is 4.74. The molecule has 1 aromatic carbocycles. The zero-order valence-electron chi connectivity index (χ0n) is 9.47. The molecular weight excluding hydrogens is 216 g/mol. The highest BCUT2D eigenvalue weighted by molar-refractivity contribution is 5.51. The number of hydrogen-bond acceptors (Lipinski definition) is 5. The SMILES string of the molecule is Nc1cccc2c1CCN(Cc1ncon1)C2. The Morgan fingerprint density at radius 2 is 2.35 bits per heavy atom. The van der Waals surface area contributed by atoms with Crippen molar-refractivity contribution in [2.24, 2.45) is 0 Å². The molecule has 0 fully saturated rings. The van der Waals surface area contributed by atoms with Gasteiger partial charge in [0.15, 0.2) is 5.82 Å². The third-order valence-electron chi connectivity index (χ3n) is 3.15. The standard InChI is InChI=1S/C12H14N4O/c13-11-3-1-2-9-6-16(5-4-10(9)11)7-12-14-8-17-15-12/h1-3,8H,4-7,13H2. The molecule has 88 valence electrons. The van der Waals surface area contributed by atoms with Gasteiger partial charge >= 0.3 is 0 Å². The van der Waals surface area contributed by atoms with Crippen LogP contribution in [0.5, 0.6) is 0 Å². The number of benzene rings is 1. The van der Waals surface area contributed by atoms with E-state index in [1.54, 1.807) is 0 Å². The zero-order valence-corrected chi connectivity index (χ0v) is 9.47. The fourth-order valence-electron chi connectivity index (χ4n) is 2.29. The molecule has 1 aliphatic rings. The first kappa shape index (κ1) is 10.3. The van der Waals surface area contributed by atoms with E-state index in [9.17, 15) is 0 Å². The normalized spacial score (nSPS) is 15.8. The summed E-state index contributed by atoms with van der Waals surface area (Å²) in [6, 6.07) is 6.10. The third kappa shape index (κ3) is 2.01. The minimum absolute atomic E-state index is 0.727. The Morgan fingerprint density at radius 3 is 3.18 bits per heavy atom. The summed E-state index contributed by atoms with van der Waals surface area (Å²) in [5.74, 6) is 0.734. The van der Waals surface area contributed by atoms with Gasteiger partial charge in [-0.2, -0.15) is 4.98 Å². The van der Waals surface area contributed by atoms with Crippen molar-refractivity contribution >= 4 is 5.69 Å². The fourth-order valence-corrected chi connectivity index (χ4v) is 2.29. The van der Waals surface area contributed by atoms with E-state index in [-0.39, 0.29) is 0 Å². The van der Waals surface area contributed by atoms with Crippen LogP contribution < -0.4 is 5.73 Å². The van der Waals surface area contributed by atoms with E-state index < -0.39 is 0 Å². The fraction of sp³-hybridized carbons (Fsp3) is 0.333. The van der Waals surface area contributed by atoms with E-state index in [0.29, 0.717) is 0 Å². The molecule has 0 spiro atoms. The first-order valence-electron chi connectivity index (χ1n) is 5.67. The number of nitrogens with two attached hydrogens (primary N) is 1. The molecule has 0 unspecified atom stereocenters. The van der Waals surface area contributed by atoms with Crippen LogP contribution in [0.25, 0.3) is 0 Å². The second kappa shape index (κ2) is 4.18. The van der Waals surface area contributed by atoms with Gasteiger partial charge in [0, 0.05) is 18.8 Å². The quantitative estimate of drug-likeness (QED) is 0.785. The molecule has 3 rings (SSSR count). The van der Waals surface area contributed by atoms with Crippen molar-refractivity contribution in [3.8, 4) is 0 Å². The Labute approximate surface area is 99.2 Å². The number of aromatic nitrogens is 2. The van der Waals surface area contributed by atoms with Crippen LogP contribution in [-0.2, 0) is 19.5 Å². The number of nitrogens with zero attached hydrogens (tertiary/aromatic N) is 3. The van der Waals surface area contributed by atoms with Crippen molar-refractivity contribution < 1.29 is 4.52 Å². The molecule has 0 saturated heterocycles. The molecule has 0 bridgehead atoms. The number of anilines is 1. The van der Waals surface area contributed by atoms with E-state index >= 15 is 0 Å². The lowest BCUT2D eigenvalue weighted by Crippen LogP contribution is -2.30.